The standard InChI is InChI=1S/C22H15FN4O2/c1-12-7-16(29-15-4-2-3-14(23)8-15)5-6-17(12)21(28)18-11-27-22-19(18)20(25)13(9-24)10-26-22/h2-8,10-11H,1H3,(H3,25,26,27). The molecular formula is C22H15FN4O2. The molecule has 0 aliphatic carbocycles. The van der Waals surface area contributed by atoms with Crippen LogP contribution in [-0.4, -0.2) is 15.8 Å². The lowest BCUT2D eigenvalue weighted by Gasteiger charge is -2.10. The molecule has 0 atom stereocenters. The molecule has 0 amide bonds. The van der Waals surface area contributed by atoms with E-state index in [0.29, 0.717) is 39.2 Å². The van der Waals surface area contributed by atoms with E-state index in [2.05, 4.69) is 9.97 Å². The van der Waals surface area contributed by atoms with Crippen LogP contribution in [0.5, 0.6) is 11.5 Å². The second-order valence-electron chi connectivity index (χ2n) is 6.49. The molecule has 0 fully saturated rings. The maximum Gasteiger partial charge on any atom is 0.195 e. The monoisotopic (exact) mass is 386 g/mol. The number of aromatic amines is 1. The molecule has 0 radical (unpaired) electrons. The quantitative estimate of drug-likeness (QED) is 0.503. The Morgan fingerprint density at radius 3 is 2.72 bits per heavy atom. The van der Waals surface area contributed by atoms with Crippen molar-refractivity contribution < 1.29 is 13.9 Å². The third-order valence-electron chi connectivity index (χ3n) is 4.58. The highest BCUT2D eigenvalue weighted by molar-refractivity contribution is 6.19. The van der Waals surface area contributed by atoms with Crippen LogP contribution in [0.25, 0.3) is 11.0 Å². The van der Waals surface area contributed by atoms with Crippen LogP contribution in [0, 0.1) is 24.1 Å². The van der Waals surface area contributed by atoms with E-state index in [1.54, 1.807) is 37.3 Å². The number of H-pyrrole nitrogens is 1. The molecule has 0 bridgehead atoms. The molecule has 4 aromatic rings. The van der Waals surface area contributed by atoms with Gasteiger partial charge in [-0.25, -0.2) is 9.37 Å². The van der Waals surface area contributed by atoms with Gasteiger partial charge in [0.2, 0.25) is 0 Å². The molecule has 0 unspecified atom stereocenters. The summed E-state index contributed by atoms with van der Waals surface area (Å²) in [5, 5.41) is 9.60. The number of nitrogens with one attached hydrogen (secondary N) is 1. The van der Waals surface area contributed by atoms with Crippen molar-refractivity contribution in [3.8, 4) is 17.6 Å². The second kappa shape index (κ2) is 7.09. The van der Waals surface area contributed by atoms with Gasteiger partial charge < -0.3 is 15.5 Å². The average molecular weight is 386 g/mol. The summed E-state index contributed by atoms with van der Waals surface area (Å²) in [5.74, 6) is 0.197. The molecule has 7 heteroatoms. The highest BCUT2D eigenvalue weighted by Crippen LogP contribution is 2.30. The molecule has 0 aliphatic heterocycles. The van der Waals surface area contributed by atoms with Crippen molar-refractivity contribution in [2.24, 2.45) is 0 Å². The maximum atomic E-state index is 13.3. The summed E-state index contributed by atoms with van der Waals surface area (Å²) < 4.78 is 19.0. The Balaban J connectivity index is 1.70. The van der Waals surface area contributed by atoms with Gasteiger partial charge in [0.25, 0.3) is 0 Å². The molecule has 2 heterocycles. The van der Waals surface area contributed by atoms with Gasteiger partial charge in [-0.15, -0.1) is 0 Å². The minimum absolute atomic E-state index is 0.210. The lowest BCUT2D eigenvalue weighted by atomic mass is 9.98. The number of carbonyl (C=O) groups excluding carboxylic acids is 1. The van der Waals surface area contributed by atoms with E-state index in [4.69, 9.17) is 10.5 Å². The molecule has 0 spiro atoms. The van der Waals surface area contributed by atoms with E-state index in [1.165, 1.54) is 24.5 Å². The number of nitriles is 1. The van der Waals surface area contributed by atoms with E-state index in [1.807, 2.05) is 6.07 Å². The topological polar surface area (TPSA) is 105 Å². The van der Waals surface area contributed by atoms with Gasteiger partial charge >= 0.3 is 0 Å². The van der Waals surface area contributed by atoms with E-state index in [-0.39, 0.29) is 17.0 Å². The number of aromatic nitrogens is 2. The van der Waals surface area contributed by atoms with Crippen LogP contribution in [0.15, 0.2) is 54.9 Å². The van der Waals surface area contributed by atoms with Crippen LogP contribution in [0.4, 0.5) is 10.1 Å². The Bertz CT molecular complexity index is 1300. The zero-order chi connectivity index (χ0) is 20.5. The third-order valence-corrected chi connectivity index (χ3v) is 4.58. The zero-order valence-corrected chi connectivity index (χ0v) is 15.4. The van der Waals surface area contributed by atoms with E-state index in [0.717, 1.165) is 0 Å². The van der Waals surface area contributed by atoms with E-state index in [9.17, 15) is 14.4 Å². The molecule has 0 saturated carbocycles. The highest BCUT2D eigenvalue weighted by atomic mass is 19.1. The minimum Gasteiger partial charge on any atom is -0.457 e. The molecule has 142 valence electrons. The second-order valence-corrected chi connectivity index (χ2v) is 6.49. The smallest absolute Gasteiger partial charge is 0.195 e. The molecule has 6 nitrogen and oxygen atoms in total. The number of ketones is 1. The Kier molecular flexibility index (Phi) is 4.45. The number of nitrogen functional groups attached to an aromatic ring is 1. The lowest BCUT2D eigenvalue weighted by molar-refractivity contribution is 0.103. The van der Waals surface area contributed by atoms with Gasteiger partial charge in [-0.1, -0.05) is 6.07 Å². The number of fused-ring (bicyclic) bond motifs is 1. The first-order chi connectivity index (χ1) is 14.0. The third kappa shape index (κ3) is 3.28. The Morgan fingerprint density at radius 1 is 1.21 bits per heavy atom. The van der Waals surface area contributed by atoms with Crippen molar-refractivity contribution in [3.05, 3.63) is 82.9 Å². The zero-order valence-electron chi connectivity index (χ0n) is 15.4. The van der Waals surface area contributed by atoms with Crippen molar-refractivity contribution >= 4 is 22.5 Å². The molecule has 3 N–H and O–H groups in total. The minimum atomic E-state index is -0.395. The van der Waals surface area contributed by atoms with Gasteiger partial charge in [-0.05, 0) is 42.8 Å². The van der Waals surface area contributed by atoms with Crippen molar-refractivity contribution in [2.45, 2.75) is 6.92 Å². The first-order valence-corrected chi connectivity index (χ1v) is 8.72. The number of anilines is 1. The normalized spacial score (nSPS) is 10.7. The summed E-state index contributed by atoms with van der Waals surface area (Å²) in [6.45, 7) is 1.78. The summed E-state index contributed by atoms with van der Waals surface area (Å²) in [6, 6.07) is 12.8. The number of nitrogens with zero attached hydrogens (tertiary/aromatic N) is 2. The molecule has 29 heavy (non-hydrogen) atoms. The number of rotatable bonds is 4. The number of aryl methyl sites for hydroxylation is 1. The fourth-order valence-electron chi connectivity index (χ4n) is 3.15. The van der Waals surface area contributed by atoms with Crippen LogP contribution in [0.2, 0.25) is 0 Å². The number of carbonyl (C=O) groups is 1. The first kappa shape index (κ1) is 18.2. The van der Waals surface area contributed by atoms with Crippen LogP contribution in [-0.2, 0) is 0 Å². The van der Waals surface area contributed by atoms with Gasteiger partial charge in [0, 0.05) is 24.0 Å². The van der Waals surface area contributed by atoms with Crippen molar-refractivity contribution in [2.75, 3.05) is 5.73 Å². The molecular weight excluding hydrogens is 371 g/mol. The summed E-state index contributed by atoms with van der Waals surface area (Å²) in [6.07, 6.45) is 2.90. The summed E-state index contributed by atoms with van der Waals surface area (Å²) in [5.41, 5.74) is 8.40. The van der Waals surface area contributed by atoms with Crippen LogP contribution in [0.3, 0.4) is 0 Å². The Labute approximate surface area is 165 Å². The fourth-order valence-corrected chi connectivity index (χ4v) is 3.15. The van der Waals surface area contributed by atoms with Crippen molar-refractivity contribution in [1.82, 2.24) is 9.97 Å². The van der Waals surface area contributed by atoms with Crippen LogP contribution in [0.1, 0.15) is 27.0 Å². The van der Waals surface area contributed by atoms with E-state index >= 15 is 0 Å². The summed E-state index contributed by atoms with van der Waals surface area (Å²) in [7, 11) is 0. The number of hydrogen-bond acceptors (Lipinski definition) is 5. The predicted octanol–water partition coefficient (Wildman–Crippen LogP) is 4.49. The number of hydrogen-bond donors (Lipinski definition) is 2. The molecule has 0 saturated heterocycles. The van der Waals surface area contributed by atoms with E-state index < -0.39 is 5.82 Å². The first-order valence-electron chi connectivity index (χ1n) is 8.72. The Morgan fingerprint density at radius 2 is 2.00 bits per heavy atom. The van der Waals surface area contributed by atoms with Gasteiger partial charge in [0.05, 0.1) is 22.2 Å². The van der Waals surface area contributed by atoms with Crippen LogP contribution < -0.4 is 10.5 Å². The van der Waals surface area contributed by atoms with Gasteiger partial charge in [0.15, 0.2) is 5.78 Å². The average Bonchev–Trinajstić information content (AvgIpc) is 3.13. The lowest BCUT2D eigenvalue weighted by Crippen LogP contribution is -2.05. The van der Waals surface area contributed by atoms with Gasteiger partial charge in [-0.3, -0.25) is 4.79 Å². The fraction of sp³-hybridized carbons (Fsp3) is 0.0455. The largest absolute Gasteiger partial charge is 0.457 e. The molecule has 2 aromatic carbocycles. The van der Waals surface area contributed by atoms with Crippen molar-refractivity contribution in [1.29, 1.82) is 5.26 Å². The van der Waals surface area contributed by atoms with Crippen LogP contribution >= 0.6 is 0 Å². The molecule has 4 rings (SSSR count). The molecule has 2 aromatic heterocycles. The SMILES string of the molecule is Cc1cc(Oc2cccc(F)c2)ccc1C(=O)c1c[nH]c2ncc(C#N)c(N)c12. The Hall–Kier alpha value is -4.18. The number of nitrogens with two attached hydrogens (primary N) is 1. The summed E-state index contributed by atoms with van der Waals surface area (Å²) >= 11 is 0. The van der Waals surface area contributed by atoms with Gasteiger partial charge in [-0.2, -0.15) is 5.26 Å². The van der Waals surface area contributed by atoms with Gasteiger partial charge in [0.1, 0.15) is 29.0 Å². The number of pyridine rings is 1. The summed E-state index contributed by atoms with van der Waals surface area (Å²) in [4.78, 5) is 20.2. The molecule has 0 aliphatic rings. The maximum absolute atomic E-state index is 13.3. The predicted molar refractivity (Wildman–Crippen MR) is 106 cm³/mol. The van der Waals surface area contributed by atoms with Crippen molar-refractivity contribution in [3.63, 3.8) is 0 Å². The number of ether oxygens (including phenoxy) is 1. The number of benzene rings is 2. The highest BCUT2D eigenvalue weighted by Gasteiger charge is 2.20. The number of halogens is 1.